The van der Waals surface area contributed by atoms with E-state index in [0.29, 0.717) is 6.61 Å². The van der Waals surface area contributed by atoms with Gasteiger partial charge >= 0.3 is 0 Å². The minimum Gasteiger partial charge on any atom is -0.459 e. The average molecular weight is 494 g/mol. The minimum absolute atomic E-state index is 0.0503. The van der Waals surface area contributed by atoms with Gasteiger partial charge < -0.3 is 18.3 Å². The van der Waals surface area contributed by atoms with Crippen molar-refractivity contribution in [3.63, 3.8) is 0 Å². The van der Waals surface area contributed by atoms with Crippen molar-refractivity contribution in [2.24, 2.45) is 0 Å². The van der Waals surface area contributed by atoms with Gasteiger partial charge in [-0.05, 0) is 49.7 Å². The summed E-state index contributed by atoms with van der Waals surface area (Å²) in [6.45, 7) is 16.9. The highest BCUT2D eigenvalue weighted by Crippen LogP contribution is 2.49. The summed E-state index contributed by atoms with van der Waals surface area (Å²) in [4.78, 5) is 2.49. The van der Waals surface area contributed by atoms with Crippen molar-refractivity contribution in [3.05, 3.63) is 72.0 Å². The van der Waals surface area contributed by atoms with E-state index < -0.39 is 14.1 Å². The lowest BCUT2D eigenvalue weighted by molar-refractivity contribution is -0.171. The van der Waals surface area contributed by atoms with Crippen LogP contribution in [0.2, 0.25) is 18.1 Å². The lowest BCUT2D eigenvalue weighted by Crippen LogP contribution is -2.48. The molecule has 2 saturated heterocycles. The molecule has 5 nitrogen and oxygen atoms in total. The van der Waals surface area contributed by atoms with Crippen LogP contribution >= 0.6 is 0 Å². The van der Waals surface area contributed by atoms with Crippen molar-refractivity contribution in [2.75, 3.05) is 6.61 Å². The fourth-order valence-electron chi connectivity index (χ4n) is 5.13. The molecule has 3 aromatic rings. The van der Waals surface area contributed by atoms with E-state index in [2.05, 4.69) is 87.3 Å². The molecule has 0 unspecified atom stereocenters. The van der Waals surface area contributed by atoms with Gasteiger partial charge in [-0.2, -0.15) is 0 Å². The molecule has 188 valence electrons. The Balaban J connectivity index is 1.55. The van der Waals surface area contributed by atoms with Gasteiger partial charge in [-0.15, -0.1) is 0 Å². The minimum atomic E-state index is -1.95. The molecule has 2 fully saturated rings. The molecule has 0 N–H and O–H groups in total. The second-order valence-electron chi connectivity index (χ2n) is 12.0. The largest absolute Gasteiger partial charge is 0.459 e. The molecule has 2 aliphatic heterocycles. The van der Waals surface area contributed by atoms with E-state index in [1.54, 1.807) is 0 Å². The maximum absolute atomic E-state index is 6.80. The van der Waals surface area contributed by atoms with Gasteiger partial charge in [-0.3, -0.25) is 4.90 Å². The van der Waals surface area contributed by atoms with Crippen LogP contribution in [0.4, 0.5) is 0 Å². The van der Waals surface area contributed by atoms with Crippen LogP contribution in [0.3, 0.4) is 0 Å². The number of nitrogens with zero attached hydrogens (tertiary/aromatic N) is 1. The molecule has 0 spiro atoms. The number of hydrogen-bond donors (Lipinski definition) is 0. The third-order valence-corrected chi connectivity index (χ3v) is 12.5. The summed E-state index contributed by atoms with van der Waals surface area (Å²) in [5.74, 6) is 0.279. The molecule has 0 bridgehead atoms. The Morgan fingerprint density at radius 1 is 0.943 bits per heavy atom. The molecular weight excluding hydrogens is 454 g/mol. The van der Waals surface area contributed by atoms with Crippen LogP contribution in [0.1, 0.15) is 52.0 Å². The summed E-state index contributed by atoms with van der Waals surface area (Å²) in [5.41, 5.74) is 2.16. The van der Waals surface area contributed by atoms with Gasteiger partial charge in [0.2, 0.25) is 0 Å². The van der Waals surface area contributed by atoms with Gasteiger partial charge in [-0.25, -0.2) is 0 Å². The number of benzene rings is 2. The molecule has 0 amide bonds. The fourth-order valence-corrected chi connectivity index (χ4v) is 6.15. The number of fused-ring (bicyclic) bond motifs is 2. The number of rotatable bonds is 6. The summed E-state index contributed by atoms with van der Waals surface area (Å²) < 4.78 is 26.4. The summed E-state index contributed by atoms with van der Waals surface area (Å²) >= 11 is 0. The highest BCUT2D eigenvalue weighted by atomic mass is 28.4. The van der Waals surface area contributed by atoms with Crippen LogP contribution in [0.15, 0.2) is 65.1 Å². The van der Waals surface area contributed by atoms with Crippen LogP contribution in [0, 0.1) is 0 Å². The number of likely N-dealkylation sites (tertiary alicyclic amines) is 1. The molecule has 5 rings (SSSR count). The Labute approximate surface area is 210 Å². The summed E-state index contributed by atoms with van der Waals surface area (Å²) in [7, 11) is -1.95. The zero-order chi connectivity index (χ0) is 25.0. The average Bonchev–Trinajstić information content (AvgIpc) is 3.41. The van der Waals surface area contributed by atoms with Crippen molar-refractivity contribution in [3.8, 4) is 0 Å². The first-order valence-electron chi connectivity index (χ1n) is 12.7. The van der Waals surface area contributed by atoms with Crippen molar-refractivity contribution in [1.82, 2.24) is 4.90 Å². The Morgan fingerprint density at radius 3 is 2.29 bits per heavy atom. The van der Waals surface area contributed by atoms with E-state index in [4.69, 9.17) is 18.3 Å². The van der Waals surface area contributed by atoms with Crippen molar-refractivity contribution < 1.29 is 18.3 Å². The smallest absolute Gasteiger partial charge is 0.192 e. The number of hydrogen-bond acceptors (Lipinski definition) is 5. The normalized spacial score (nSPS) is 26.9. The SMILES string of the molecule is CC1(C)O[C@@H]2[C@H](O1)[C@H](CO[Si](C)(C)C(C)(C)C)N(Cc1ccccc1)[C@@H]2c1cc2ccccc2o1. The second-order valence-corrected chi connectivity index (χ2v) is 16.8. The molecule has 2 aliphatic rings. The highest BCUT2D eigenvalue weighted by Gasteiger charge is 2.59. The van der Waals surface area contributed by atoms with E-state index in [0.717, 1.165) is 23.3 Å². The Morgan fingerprint density at radius 2 is 1.60 bits per heavy atom. The monoisotopic (exact) mass is 493 g/mol. The predicted octanol–water partition coefficient (Wildman–Crippen LogP) is 6.90. The first-order chi connectivity index (χ1) is 16.5. The Bertz CT molecular complexity index is 1130. The van der Waals surface area contributed by atoms with Crippen LogP contribution in [0.5, 0.6) is 0 Å². The van der Waals surface area contributed by atoms with Crippen molar-refractivity contribution in [1.29, 1.82) is 0 Å². The Hall–Kier alpha value is -1.96. The highest BCUT2D eigenvalue weighted by molar-refractivity contribution is 6.74. The third kappa shape index (κ3) is 4.75. The molecule has 1 aromatic heterocycles. The molecule has 4 atom stereocenters. The van der Waals surface area contributed by atoms with E-state index in [-0.39, 0.29) is 29.3 Å². The number of para-hydroxylation sites is 1. The van der Waals surface area contributed by atoms with E-state index in [1.807, 2.05) is 26.0 Å². The summed E-state index contributed by atoms with van der Waals surface area (Å²) in [5, 5.41) is 1.25. The first kappa shape index (κ1) is 24.7. The van der Waals surface area contributed by atoms with Gasteiger partial charge in [0, 0.05) is 11.9 Å². The van der Waals surface area contributed by atoms with Gasteiger partial charge in [0.15, 0.2) is 14.1 Å². The molecule has 35 heavy (non-hydrogen) atoms. The maximum atomic E-state index is 6.80. The number of furan rings is 1. The topological polar surface area (TPSA) is 44.1 Å². The van der Waals surface area contributed by atoms with Crippen LogP contribution in [-0.2, 0) is 20.4 Å². The number of ether oxygens (including phenoxy) is 2. The fraction of sp³-hybridized carbons (Fsp3) is 0.517. The first-order valence-corrected chi connectivity index (χ1v) is 15.6. The second kappa shape index (κ2) is 8.85. The summed E-state index contributed by atoms with van der Waals surface area (Å²) in [6, 6.07) is 21.0. The predicted molar refractivity (Wildman–Crippen MR) is 142 cm³/mol. The molecular formula is C29H39NO4Si. The van der Waals surface area contributed by atoms with Gasteiger partial charge in [-0.1, -0.05) is 69.3 Å². The molecule has 6 heteroatoms. The zero-order valence-corrected chi connectivity index (χ0v) is 23.1. The van der Waals surface area contributed by atoms with Crippen molar-refractivity contribution >= 4 is 19.3 Å². The van der Waals surface area contributed by atoms with Crippen LogP contribution in [0.25, 0.3) is 11.0 Å². The third-order valence-electron chi connectivity index (χ3n) is 8.00. The van der Waals surface area contributed by atoms with Crippen LogP contribution in [-0.4, -0.2) is 43.9 Å². The van der Waals surface area contributed by atoms with Gasteiger partial charge in [0.05, 0.1) is 18.7 Å². The van der Waals surface area contributed by atoms with Crippen molar-refractivity contribution in [2.45, 2.75) is 89.4 Å². The lowest BCUT2D eigenvalue weighted by atomic mass is 10.1. The van der Waals surface area contributed by atoms with E-state index in [9.17, 15) is 0 Å². The van der Waals surface area contributed by atoms with Gasteiger partial charge in [0.1, 0.15) is 23.6 Å². The Kier molecular flexibility index (Phi) is 6.25. The summed E-state index contributed by atoms with van der Waals surface area (Å²) in [6.07, 6.45) is -0.237. The van der Waals surface area contributed by atoms with E-state index in [1.165, 1.54) is 5.56 Å². The maximum Gasteiger partial charge on any atom is 0.192 e. The molecule has 0 aliphatic carbocycles. The lowest BCUT2D eigenvalue weighted by Gasteiger charge is -2.39. The quantitative estimate of drug-likeness (QED) is 0.350. The molecule has 0 radical (unpaired) electrons. The molecule has 0 saturated carbocycles. The zero-order valence-electron chi connectivity index (χ0n) is 22.1. The molecule has 3 heterocycles. The standard InChI is InChI=1S/C29H39NO4Si/c1-28(2,3)35(6,7)31-19-22-26-27(34-29(4,5)33-26)25(30(22)18-20-13-9-8-10-14-20)24-17-21-15-11-12-16-23(21)32-24/h8-17,22,25-27H,18-19H2,1-7H3/t22-,25+,26+,27-/m0/s1. The van der Waals surface area contributed by atoms with Crippen LogP contribution < -0.4 is 0 Å². The van der Waals surface area contributed by atoms with E-state index >= 15 is 0 Å². The molecule has 2 aromatic carbocycles. The van der Waals surface area contributed by atoms with Gasteiger partial charge in [0.25, 0.3) is 0 Å².